The van der Waals surface area contributed by atoms with Crippen molar-refractivity contribution in [2.24, 2.45) is 5.92 Å². The minimum atomic E-state index is -0.374. The van der Waals surface area contributed by atoms with Gasteiger partial charge in [0.25, 0.3) is 0 Å². The molecule has 0 spiro atoms. The first-order valence-electron chi connectivity index (χ1n) is 5.80. The standard InChI is InChI=1S/C12H22N2O/c1-5-9(3)7-12(15)11-8-10(4)13-14(11)6-2/h8-9,12,15H,5-7H2,1-4H3. The van der Waals surface area contributed by atoms with Gasteiger partial charge >= 0.3 is 0 Å². The maximum Gasteiger partial charge on any atom is 0.0959 e. The molecule has 1 aromatic heterocycles. The fraction of sp³-hybridized carbons (Fsp3) is 0.750. The molecule has 0 fully saturated rings. The smallest absolute Gasteiger partial charge is 0.0959 e. The molecule has 3 nitrogen and oxygen atoms in total. The van der Waals surface area contributed by atoms with Gasteiger partial charge in [-0.3, -0.25) is 4.68 Å². The van der Waals surface area contributed by atoms with E-state index in [0.29, 0.717) is 5.92 Å². The van der Waals surface area contributed by atoms with Crippen molar-refractivity contribution in [1.82, 2.24) is 9.78 Å². The molecule has 0 aliphatic heterocycles. The molecule has 0 amide bonds. The second-order valence-electron chi connectivity index (χ2n) is 4.29. The largest absolute Gasteiger partial charge is 0.387 e. The molecule has 0 aromatic carbocycles. The Morgan fingerprint density at radius 3 is 2.67 bits per heavy atom. The van der Waals surface area contributed by atoms with Gasteiger partial charge in [-0.05, 0) is 32.3 Å². The zero-order valence-electron chi connectivity index (χ0n) is 10.2. The van der Waals surface area contributed by atoms with Gasteiger partial charge in [-0.15, -0.1) is 0 Å². The summed E-state index contributed by atoms with van der Waals surface area (Å²) in [7, 11) is 0. The second-order valence-corrected chi connectivity index (χ2v) is 4.29. The third-order valence-corrected chi connectivity index (χ3v) is 2.90. The molecule has 1 heterocycles. The van der Waals surface area contributed by atoms with E-state index in [1.807, 2.05) is 24.6 Å². The number of hydrogen-bond donors (Lipinski definition) is 1. The Morgan fingerprint density at radius 2 is 2.13 bits per heavy atom. The minimum absolute atomic E-state index is 0.374. The SMILES string of the molecule is CCC(C)CC(O)c1cc(C)nn1CC. The molecule has 1 rings (SSSR count). The number of nitrogens with zero attached hydrogens (tertiary/aromatic N) is 2. The average Bonchev–Trinajstić information content (AvgIpc) is 2.59. The van der Waals surface area contributed by atoms with Crippen molar-refractivity contribution < 1.29 is 5.11 Å². The fourth-order valence-electron chi connectivity index (χ4n) is 1.76. The van der Waals surface area contributed by atoms with Crippen molar-refractivity contribution in [3.63, 3.8) is 0 Å². The number of rotatable bonds is 5. The van der Waals surface area contributed by atoms with Crippen LogP contribution in [-0.4, -0.2) is 14.9 Å². The van der Waals surface area contributed by atoms with Crippen LogP contribution in [0.15, 0.2) is 6.07 Å². The number of aromatic nitrogens is 2. The third-order valence-electron chi connectivity index (χ3n) is 2.90. The molecule has 0 bridgehead atoms. The maximum absolute atomic E-state index is 10.1. The quantitative estimate of drug-likeness (QED) is 0.811. The van der Waals surface area contributed by atoms with Gasteiger partial charge in [0.2, 0.25) is 0 Å². The van der Waals surface area contributed by atoms with Crippen molar-refractivity contribution in [3.05, 3.63) is 17.5 Å². The van der Waals surface area contributed by atoms with Crippen molar-refractivity contribution >= 4 is 0 Å². The predicted octanol–water partition coefficient (Wildman–Crippen LogP) is 2.68. The summed E-state index contributed by atoms with van der Waals surface area (Å²) in [5.74, 6) is 0.556. The average molecular weight is 210 g/mol. The highest BCUT2D eigenvalue weighted by Crippen LogP contribution is 2.23. The molecule has 2 atom stereocenters. The van der Waals surface area contributed by atoms with Gasteiger partial charge in [0, 0.05) is 6.54 Å². The molecule has 3 heteroatoms. The molecule has 0 saturated carbocycles. The van der Waals surface area contributed by atoms with E-state index in [4.69, 9.17) is 0 Å². The minimum Gasteiger partial charge on any atom is -0.387 e. The van der Waals surface area contributed by atoms with E-state index in [-0.39, 0.29) is 6.10 Å². The van der Waals surface area contributed by atoms with E-state index in [9.17, 15) is 5.11 Å². The van der Waals surface area contributed by atoms with Crippen molar-refractivity contribution in [3.8, 4) is 0 Å². The maximum atomic E-state index is 10.1. The van der Waals surface area contributed by atoms with Crippen LogP contribution in [0.3, 0.4) is 0 Å². The fourth-order valence-corrected chi connectivity index (χ4v) is 1.76. The lowest BCUT2D eigenvalue weighted by Gasteiger charge is -2.15. The van der Waals surface area contributed by atoms with Gasteiger partial charge in [0.05, 0.1) is 17.5 Å². The van der Waals surface area contributed by atoms with Crippen LogP contribution in [0.2, 0.25) is 0 Å². The summed E-state index contributed by atoms with van der Waals surface area (Å²) in [5, 5.41) is 14.4. The number of aliphatic hydroxyl groups is 1. The van der Waals surface area contributed by atoms with Crippen LogP contribution in [0.25, 0.3) is 0 Å². The Hall–Kier alpha value is -0.830. The number of aryl methyl sites for hydroxylation is 2. The van der Waals surface area contributed by atoms with Crippen molar-refractivity contribution in [1.29, 1.82) is 0 Å². The normalized spacial score (nSPS) is 15.3. The summed E-state index contributed by atoms with van der Waals surface area (Å²) in [4.78, 5) is 0. The third kappa shape index (κ3) is 3.06. The van der Waals surface area contributed by atoms with Gasteiger partial charge in [-0.1, -0.05) is 20.3 Å². The van der Waals surface area contributed by atoms with Crippen molar-refractivity contribution in [2.45, 2.75) is 53.2 Å². The van der Waals surface area contributed by atoms with Gasteiger partial charge in [-0.2, -0.15) is 5.10 Å². The van der Waals surface area contributed by atoms with Crippen LogP contribution < -0.4 is 0 Å². The molecule has 0 aliphatic rings. The van der Waals surface area contributed by atoms with E-state index < -0.39 is 0 Å². The summed E-state index contributed by atoms with van der Waals surface area (Å²) in [6.45, 7) is 9.15. The Labute approximate surface area is 92.1 Å². The molecule has 1 aromatic rings. The molecular formula is C12H22N2O. The summed E-state index contributed by atoms with van der Waals surface area (Å²) < 4.78 is 1.89. The van der Waals surface area contributed by atoms with Crippen LogP contribution >= 0.6 is 0 Å². The Bertz CT molecular complexity index is 307. The highest BCUT2D eigenvalue weighted by Gasteiger charge is 2.16. The van der Waals surface area contributed by atoms with Crippen LogP contribution in [-0.2, 0) is 6.54 Å². The van der Waals surface area contributed by atoms with Gasteiger partial charge in [-0.25, -0.2) is 0 Å². The van der Waals surface area contributed by atoms with Gasteiger partial charge in [0.1, 0.15) is 0 Å². The zero-order chi connectivity index (χ0) is 11.4. The molecule has 1 N–H and O–H groups in total. The molecule has 0 radical (unpaired) electrons. The van der Waals surface area contributed by atoms with E-state index in [2.05, 4.69) is 18.9 Å². The molecule has 86 valence electrons. The topological polar surface area (TPSA) is 38.1 Å². The summed E-state index contributed by atoms with van der Waals surface area (Å²) in [5.41, 5.74) is 1.94. The van der Waals surface area contributed by atoms with E-state index in [1.54, 1.807) is 0 Å². The van der Waals surface area contributed by atoms with Gasteiger partial charge < -0.3 is 5.11 Å². The van der Waals surface area contributed by atoms with E-state index in [1.165, 1.54) is 0 Å². The van der Waals surface area contributed by atoms with E-state index in [0.717, 1.165) is 30.8 Å². The lowest BCUT2D eigenvalue weighted by atomic mass is 9.99. The summed E-state index contributed by atoms with van der Waals surface area (Å²) in [6.07, 6.45) is 1.55. The Balaban J connectivity index is 2.75. The lowest BCUT2D eigenvalue weighted by Crippen LogP contribution is -2.10. The summed E-state index contributed by atoms with van der Waals surface area (Å²) >= 11 is 0. The second kappa shape index (κ2) is 5.31. The van der Waals surface area contributed by atoms with Crippen molar-refractivity contribution in [2.75, 3.05) is 0 Å². The summed E-state index contributed by atoms with van der Waals surface area (Å²) in [6, 6.07) is 1.98. The van der Waals surface area contributed by atoms with E-state index >= 15 is 0 Å². The monoisotopic (exact) mass is 210 g/mol. The number of aliphatic hydroxyl groups excluding tert-OH is 1. The Kier molecular flexibility index (Phi) is 4.33. The lowest BCUT2D eigenvalue weighted by molar-refractivity contribution is 0.136. The zero-order valence-corrected chi connectivity index (χ0v) is 10.2. The van der Waals surface area contributed by atoms with Crippen LogP contribution in [0.1, 0.15) is 51.1 Å². The van der Waals surface area contributed by atoms with Crippen LogP contribution in [0.4, 0.5) is 0 Å². The van der Waals surface area contributed by atoms with Gasteiger partial charge in [0.15, 0.2) is 0 Å². The molecule has 0 aliphatic carbocycles. The first-order valence-corrected chi connectivity index (χ1v) is 5.80. The Morgan fingerprint density at radius 1 is 1.47 bits per heavy atom. The molecule has 15 heavy (non-hydrogen) atoms. The molecule has 2 unspecified atom stereocenters. The number of hydrogen-bond acceptors (Lipinski definition) is 2. The van der Waals surface area contributed by atoms with Crippen LogP contribution in [0, 0.1) is 12.8 Å². The highest BCUT2D eigenvalue weighted by molar-refractivity contribution is 5.11. The molecule has 0 saturated heterocycles. The van der Waals surface area contributed by atoms with Crippen LogP contribution in [0.5, 0.6) is 0 Å². The molecular weight excluding hydrogens is 188 g/mol. The first kappa shape index (κ1) is 12.2. The highest BCUT2D eigenvalue weighted by atomic mass is 16.3. The predicted molar refractivity (Wildman–Crippen MR) is 61.7 cm³/mol. The first-order chi connectivity index (χ1) is 7.08.